The number of aliphatic carboxylic acids is 1. The first-order valence-electron chi connectivity index (χ1n) is 4.94. The maximum atomic E-state index is 11.1. The van der Waals surface area contributed by atoms with Crippen molar-refractivity contribution >= 4 is 21.2 Å². The molecule has 0 radical (unpaired) electrons. The van der Waals surface area contributed by atoms with Crippen LogP contribution >= 0.6 is 15.2 Å². The van der Waals surface area contributed by atoms with Gasteiger partial charge in [-0.3, -0.25) is 13.9 Å². The first kappa shape index (κ1) is 17.7. The Bertz CT molecular complexity index is 359. The van der Waals surface area contributed by atoms with Crippen LogP contribution in [0.3, 0.4) is 0 Å². The third kappa shape index (κ3) is 6.61. The maximum absolute atomic E-state index is 11.1. The summed E-state index contributed by atoms with van der Waals surface area (Å²) < 4.78 is 21.4. The smallest absolute Gasteiger partial charge is 0.325 e. The monoisotopic (exact) mass is 305 g/mol. The van der Waals surface area contributed by atoms with E-state index in [1.807, 2.05) is 0 Å². The Morgan fingerprint density at radius 1 is 1.00 bits per heavy atom. The molecular weight excluding hydrogens is 288 g/mol. The number of hydrogen-bond acceptors (Lipinski definition) is 4. The number of carbonyl (C=O) groups is 1. The lowest BCUT2D eigenvalue weighted by Gasteiger charge is -2.28. The van der Waals surface area contributed by atoms with Gasteiger partial charge < -0.3 is 30.4 Å². The first-order chi connectivity index (χ1) is 7.92. The van der Waals surface area contributed by atoms with Crippen molar-refractivity contribution in [1.29, 1.82) is 0 Å². The van der Waals surface area contributed by atoms with Crippen molar-refractivity contribution in [3.63, 3.8) is 0 Å². The molecule has 0 amide bonds. The molecule has 0 aliphatic rings. The minimum Gasteiger partial charge on any atom is -0.481 e. The van der Waals surface area contributed by atoms with Crippen LogP contribution in [-0.4, -0.2) is 49.5 Å². The zero-order valence-corrected chi connectivity index (χ0v) is 11.3. The Morgan fingerprint density at radius 2 is 1.33 bits per heavy atom. The van der Waals surface area contributed by atoms with Crippen LogP contribution in [0.15, 0.2) is 0 Å². The summed E-state index contributed by atoms with van der Waals surface area (Å²) in [5, 5.41) is 9.03. The van der Waals surface area contributed by atoms with E-state index in [1.54, 1.807) is 0 Å². The SMILES string of the molecule is NCC(CCP(=O)(O)O)(CCP(=O)(O)O)C(=O)O. The first-order valence-corrected chi connectivity index (χ1v) is 8.54. The average Bonchev–Trinajstić information content (AvgIpc) is 2.15. The quantitative estimate of drug-likeness (QED) is 0.311. The highest BCUT2D eigenvalue weighted by molar-refractivity contribution is 7.52. The van der Waals surface area contributed by atoms with Crippen LogP contribution < -0.4 is 5.73 Å². The molecule has 18 heavy (non-hydrogen) atoms. The molecule has 0 unspecified atom stereocenters. The molecule has 108 valence electrons. The number of nitrogens with two attached hydrogens (primary N) is 1. The lowest BCUT2D eigenvalue weighted by molar-refractivity contribution is -0.148. The molecule has 7 N–H and O–H groups in total. The largest absolute Gasteiger partial charge is 0.481 e. The molecule has 0 rings (SSSR count). The Hall–Kier alpha value is -0.270. The van der Waals surface area contributed by atoms with Gasteiger partial charge in [-0.1, -0.05) is 0 Å². The highest BCUT2D eigenvalue weighted by Gasteiger charge is 2.40. The molecule has 0 spiro atoms. The van der Waals surface area contributed by atoms with Gasteiger partial charge in [0, 0.05) is 6.54 Å². The second-order valence-electron chi connectivity index (χ2n) is 4.07. The average molecular weight is 305 g/mol. The molecule has 0 fully saturated rings. The molecule has 0 aromatic rings. The van der Waals surface area contributed by atoms with Crippen molar-refractivity contribution in [2.24, 2.45) is 11.1 Å². The molecule has 0 aromatic heterocycles. The highest BCUT2D eigenvalue weighted by Crippen LogP contribution is 2.43. The van der Waals surface area contributed by atoms with Gasteiger partial charge in [-0.05, 0) is 12.8 Å². The molecule has 0 saturated carbocycles. The number of carboxylic acid groups (broad SMARTS) is 1. The molecule has 0 atom stereocenters. The zero-order valence-electron chi connectivity index (χ0n) is 9.47. The number of hydrogen-bond donors (Lipinski definition) is 6. The van der Waals surface area contributed by atoms with Crippen molar-refractivity contribution in [2.45, 2.75) is 12.8 Å². The molecule has 0 aromatic carbocycles. The van der Waals surface area contributed by atoms with Crippen LogP contribution in [-0.2, 0) is 13.9 Å². The molecule has 0 aliphatic carbocycles. The van der Waals surface area contributed by atoms with E-state index in [0.717, 1.165) is 0 Å². The fraction of sp³-hybridized carbons (Fsp3) is 0.857. The predicted molar refractivity (Wildman–Crippen MR) is 62.2 cm³/mol. The van der Waals surface area contributed by atoms with E-state index in [1.165, 1.54) is 0 Å². The van der Waals surface area contributed by atoms with Crippen LogP contribution in [0.25, 0.3) is 0 Å². The Morgan fingerprint density at radius 3 is 1.50 bits per heavy atom. The maximum Gasteiger partial charge on any atom is 0.325 e. The van der Waals surface area contributed by atoms with Gasteiger partial charge in [-0.15, -0.1) is 0 Å². The highest BCUT2D eigenvalue weighted by atomic mass is 31.2. The van der Waals surface area contributed by atoms with E-state index in [9.17, 15) is 13.9 Å². The van der Waals surface area contributed by atoms with Crippen molar-refractivity contribution in [3.05, 3.63) is 0 Å². The van der Waals surface area contributed by atoms with E-state index >= 15 is 0 Å². The molecule has 0 aliphatic heterocycles. The molecule has 11 heteroatoms. The minimum atomic E-state index is -4.39. The third-order valence-electron chi connectivity index (χ3n) is 2.61. The molecule has 9 nitrogen and oxygen atoms in total. The summed E-state index contributed by atoms with van der Waals surface area (Å²) in [5.74, 6) is -1.42. The van der Waals surface area contributed by atoms with Crippen molar-refractivity contribution < 1.29 is 38.6 Å². The number of carboxylic acids is 1. The van der Waals surface area contributed by atoms with E-state index in [2.05, 4.69) is 0 Å². The second-order valence-corrected chi connectivity index (χ2v) is 7.62. The van der Waals surface area contributed by atoms with Gasteiger partial charge in [0.2, 0.25) is 0 Å². The zero-order chi connectivity index (χ0) is 14.6. The molecule has 0 heterocycles. The summed E-state index contributed by atoms with van der Waals surface area (Å²) in [5.41, 5.74) is 3.55. The lowest BCUT2D eigenvalue weighted by atomic mass is 9.82. The van der Waals surface area contributed by atoms with Crippen LogP contribution in [0.1, 0.15) is 12.8 Å². The Balaban J connectivity index is 4.89. The summed E-state index contributed by atoms with van der Waals surface area (Å²) in [4.78, 5) is 45.9. The second kappa shape index (κ2) is 6.25. The van der Waals surface area contributed by atoms with E-state index in [-0.39, 0.29) is 0 Å². The summed E-state index contributed by atoms with van der Waals surface area (Å²) in [6, 6.07) is 0. The van der Waals surface area contributed by atoms with Crippen LogP contribution in [0, 0.1) is 5.41 Å². The van der Waals surface area contributed by atoms with Crippen LogP contribution in [0.4, 0.5) is 0 Å². The van der Waals surface area contributed by atoms with E-state index in [4.69, 9.17) is 30.4 Å². The Kier molecular flexibility index (Phi) is 6.16. The van der Waals surface area contributed by atoms with Gasteiger partial charge in [0.05, 0.1) is 17.7 Å². The van der Waals surface area contributed by atoms with Crippen LogP contribution in [0.5, 0.6) is 0 Å². The standard InChI is InChI=1S/C7H17NO8P2/c8-5-7(6(9)10,1-3-17(11,12)13)2-4-18(14,15)16/h1-5,8H2,(H,9,10)(H2,11,12,13)(H2,14,15,16). The fourth-order valence-corrected chi connectivity index (χ4v) is 2.79. The van der Waals surface area contributed by atoms with Gasteiger partial charge in [0.15, 0.2) is 0 Å². The topological polar surface area (TPSA) is 178 Å². The summed E-state index contributed by atoms with van der Waals surface area (Å²) >= 11 is 0. The molecule has 0 bridgehead atoms. The van der Waals surface area contributed by atoms with Gasteiger partial charge >= 0.3 is 21.2 Å². The van der Waals surface area contributed by atoms with Gasteiger partial charge in [-0.25, -0.2) is 0 Å². The number of rotatable bonds is 8. The Labute approximate surface area is 103 Å². The molecular formula is C7H17NO8P2. The predicted octanol–water partition coefficient (Wildman–Crippen LogP) is -0.848. The van der Waals surface area contributed by atoms with E-state index < -0.39 is 58.3 Å². The fourth-order valence-electron chi connectivity index (χ4n) is 1.35. The van der Waals surface area contributed by atoms with Gasteiger partial charge in [-0.2, -0.15) is 0 Å². The lowest BCUT2D eigenvalue weighted by Crippen LogP contribution is -2.40. The van der Waals surface area contributed by atoms with Crippen molar-refractivity contribution in [3.8, 4) is 0 Å². The van der Waals surface area contributed by atoms with Gasteiger partial charge in [0.25, 0.3) is 0 Å². The van der Waals surface area contributed by atoms with E-state index in [0.29, 0.717) is 0 Å². The summed E-state index contributed by atoms with van der Waals surface area (Å²) in [6.07, 6.45) is -2.28. The summed E-state index contributed by atoms with van der Waals surface area (Å²) in [7, 11) is -8.78. The molecule has 0 saturated heterocycles. The normalized spacial score (nSPS) is 13.6. The van der Waals surface area contributed by atoms with Crippen molar-refractivity contribution in [1.82, 2.24) is 0 Å². The van der Waals surface area contributed by atoms with Gasteiger partial charge in [0.1, 0.15) is 0 Å². The minimum absolute atomic E-state index is 0.441. The third-order valence-corrected chi connectivity index (χ3v) is 4.22. The van der Waals surface area contributed by atoms with Crippen LogP contribution in [0.2, 0.25) is 0 Å². The summed E-state index contributed by atoms with van der Waals surface area (Å²) in [6.45, 7) is -0.456. The van der Waals surface area contributed by atoms with Crippen molar-refractivity contribution in [2.75, 3.05) is 18.9 Å².